The van der Waals surface area contributed by atoms with Crippen LogP contribution in [0.25, 0.3) is 0 Å². The largest absolute Gasteiger partial charge is 0.349 e. The number of likely N-dealkylation sites (tertiary alicyclic amines) is 1. The van der Waals surface area contributed by atoms with Crippen molar-refractivity contribution in [2.24, 2.45) is 0 Å². The van der Waals surface area contributed by atoms with Crippen molar-refractivity contribution >= 4 is 29.1 Å². The predicted octanol–water partition coefficient (Wildman–Crippen LogP) is 4.79. The highest BCUT2D eigenvalue weighted by molar-refractivity contribution is 6.10. The first-order valence-electron chi connectivity index (χ1n) is 13.2. The van der Waals surface area contributed by atoms with Gasteiger partial charge in [0.15, 0.2) is 0 Å². The zero-order valence-electron chi connectivity index (χ0n) is 21.7. The molecule has 0 atom stereocenters. The highest BCUT2D eigenvalue weighted by Gasteiger charge is 2.24. The summed E-state index contributed by atoms with van der Waals surface area (Å²) in [5.41, 5.74) is 3.21. The van der Waals surface area contributed by atoms with Crippen LogP contribution in [0.2, 0.25) is 0 Å². The number of rotatable bonds is 8. The van der Waals surface area contributed by atoms with Crippen LogP contribution in [0.1, 0.15) is 85.1 Å². The van der Waals surface area contributed by atoms with Crippen molar-refractivity contribution < 1.29 is 14.4 Å². The van der Waals surface area contributed by atoms with Gasteiger partial charge in [-0.25, -0.2) is 0 Å². The highest BCUT2D eigenvalue weighted by Crippen LogP contribution is 2.26. The van der Waals surface area contributed by atoms with Gasteiger partial charge in [-0.3, -0.25) is 14.4 Å². The molecule has 7 heteroatoms. The quantitative estimate of drug-likeness (QED) is 0.557. The van der Waals surface area contributed by atoms with Crippen LogP contribution in [0.5, 0.6) is 0 Å². The van der Waals surface area contributed by atoms with Gasteiger partial charge in [0.05, 0.1) is 11.3 Å². The fourth-order valence-corrected chi connectivity index (χ4v) is 5.03. The first-order valence-corrected chi connectivity index (χ1v) is 13.2. The lowest BCUT2D eigenvalue weighted by molar-refractivity contribution is -0.117. The number of amides is 3. The molecule has 0 aromatic heterocycles. The molecule has 2 aromatic rings. The van der Waals surface area contributed by atoms with Gasteiger partial charge in [-0.2, -0.15) is 0 Å². The molecule has 2 fully saturated rings. The van der Waals surface area contributed by atoms with Crippen LogP contribution in [-0.4, -0.2) is 54.8 Å². The van der Waals surface area contributed by atoms with E-state index in [4.69, 9.17) is 0 Å². The Kier molecular flexibility index (Phi) is 8.41. The van der Waals surface area contributed by atoms with E-state index in [1.807, 2.05) is 24.3 Å². The summed E-state index contributed by atoms with van der Waals surface area (Å²) < 4.78 is 0. The van der Waals surface area contributed by atoms with E-state index in [2.05, 4.69) is 36.3 Å². The van der Waals surface area contributed by atoms with E-state index in [0.717, 1.165) is 56.6 Å². The molecule has 0 bridgehead atoms. The number of anilines is 2. The van der Waals surface area contributed by atoms with Crippen LogP contribution in [0.15, 0.2) is 42.5 Å². The average Bonchev–Trinajstić information content (AvgIpc) is 3.31. The Bertz CT molecular complexity index is 1110. The predicted molar refractivity (Wildman–Crippen MR) is 144 cm³/mol. The SMILES string of the molecule is CCCN1CCC(NC(=O)c2cc(C(C)C)ccc2NC(=O)c2cccc(N3CCCC3=O)c2)CC1. The number of hydrogen-bond donors (Lipinski definition) is 2. The topological polar surface area (TPSA) is 81.8 Å². The highest BCUT2D eigenvalue weighted by atomic mass is 16.2. The Balaban J connectivity index is 1.50. The molecule has 2 aliphatic heterocycles. The zero-order valence-corrected chi connectivity index (χ0v) is 21.7. The summed E-state index contributed by atoms with van der Waals surface area (Å²) in [6.45, 7) is 10.1. The number of carbonyl (C=O) groups excluding carboxylic acids is 3. The molecule has 0 radical (unpaired) electrons. The van der Waals surface area contributed by atoms with Gasteiger partial charge in [-0.1, -0.05) is 32.9 Å². The number of nitrogens with zero attached hydrogens (tertiary/aromatic N) is 2. The Morgan fingerprint density at radius 2 is 1.81 bits per heavy atom. The van der Waals surface area contributed by atoms with Crippen LogP contribution in [-0.2, 0) is 4.79 Å². The fraction of sp³-hybridized carbons (Fsp3) is 0.483. The molecule has 3 amide bonds. The molecular weight excluding hydrogens is 452 g/mol. The molecule has 192 valence electrons. The minimum absolute atomic E-state index is 0.0799. The van der Waals surface area contributed by atoms with Crippen LogP contribution < -0.4 is 15.5 Å². The van der Waals surface area contributed by atoms with Crippen molar-refractivity contribution in [3.63, 3.8) is 0 Å². The summed E-state index contributed by atoms with van der Waals surface area (Å²) in [5, 5.41) is 6.16. The van der Waals surface area contributed by atoms with E-state index in [1.165, 1.54) is 0 Å². The second-order valence-corrected chi connectivity index (χ2v) is 10.2. The molecule has 4 rings (SSSR count). The molecule has 2 saturated heterocycles. The first kappa shape index (κ1) is 25.9. The number of benzene rings is 2. The second-order valence-electron chi connectivity index (χ2n) is 10.2. The number of hydrogen-bond acceptors (Lipinski definition) is 4. The van der Waals surface area contributed by atoms with E-state index in [-0.39, 0.29) is 29.7 Å². The van der Waals surface area contributed by atoms with Crippen LogP contribution in [0, 0.1) is 0 Å². The third-order valence-electron chi connectivity index (χ3n) is 7.16. The monoisotopic (exact) mass is 490 g/mol. The molecule has 0 saturated carbocycles. The Labute approximate surface area is 214 Å². The third kappa shape index (κ3) is 6.13. The van der Waals surface area contributed by atoms with Crippen molar-refractivity contribution in [2.75, 3.05) is 36.4 Å². The molecule has 0 spiro atoms. The Hall–Kier alpha value is -3.19. The summed E-state index contributed by atoms with van der Waals surface area (Å²) in [6.07, 6.45) is 4.36. The van der Waals surface area contributed by atoms with Crippen molar-refractivity contribution in [2.45, 2.75) is 64.8 Å². The summed E-state index contributed by atoms with van der Waals surface area (Å²) in [6, 6.07) is 12.9. The van der Waals surface area contributed by atoms with Gasteiger partial charge < -0.3 is 20.4 Å². The average molecular weight is 491 g/mol. The smallest absolute Gasteiger partial charge is 0.255 e. The molecule has 36 heavy (non-hydrogen) atoms. The van der Waals surface area contributed by atoms with Gasteiger partial charge >= 0.3 is 0 Å². The first-order chi connectivity index (χ1) is 17.4. The zero-order chi connectivity index (χ0) is 25.7. The molecule has 2 heterocycles. The Morgan fingerprint density at radius 3 is 2.47 bits per heavy atom. The van der Waals surface area contributed by atoms with Crippen LogP contribution in [0.3, 0.4) is 0 Å². The molecule has 2 aliphatic rings. The third-order valence-corrected chi connectivity index (χ3v) is 7.16. The van der Waals surface area contributed by atoms with Gasteiger partial charge in [-0.05, 0) is 74.0 Å². The minimum Gasteiger partial charge on any atom is -0.349 e. The second kappa shape index (κ2) is 11.7. The van der Waals surface area contributed by atoms with E-state index in [0.29, 0.717) is 29.8 Å². The van der Waals surface area contributed by atoms with Gasteiger partial charge in [0.1, 0.15) is 0 Å². The summed E-state index contributed by atoms with van der Waals surface area (Å²) in [7, 11) is 0. The number of carbonyl (C=O) groups is 3. The molecule has 2 N–H and O–H groups in total. The maximum absolute atomic E-state index is 13.4. The van der Waals surface area contributed by atoms with Gasteiger partial charge in [-0.15, -0.1) is 0 Å². The fourth-order valence-electron chi connectivity index (χ4n) is 5.03. The van der Waals surface area contributed by atoms with Crippen LogP contribution in [0.4, 0.5) is 11.4 Å². The maximum atomic E-state index is 13.4. The van der Waals surface area contributed by atoms with Crippen molar-refractivity contribution in [1.82, 2.24) is 10.2 Å². The Morgan fingerprint density at radius 1 is 1.03 bits per heavy atom. The normalized spacial score (nSPS) is 17.0. The summed E-state index contributed by atoms with van der Waals surface area (Å²) in [5.74, 6) is -0.120. The van der Waals surface area contributed by atoms with Crippen molar-refractivity contribution in [3.8, 4) is 0 Å². The van der Waals surface area contributed by atoms with E-state index in [1.54, 1.807) is 23.1 Å². The van der Waals surface area contributed by atoms with Gasteiger partial charge in [0, 0.05) is 43.3 Å². The number of nitrogens with one attached hydrogen (secondary N) is 2. The summed E-state index contributed by atoms with van der Waals surface area (Å²) in [4.78, 5) is 42.9. The molecule has 0 unspecified atom stereocenters. The summed E-state index contributed by atoms with van der Waals surface area (Å²) >= 11 is 0. The van der Waals surface area contributed by atoms with E-state index < -0.39 is 0 Å². The van der Waals surface area contributed by atoms with Gasteiger partial charge in [0.25, 0.3) is 11.8 Å². The molecule has 7 nitrogen and oxygen atoms in total. The lowest BCUT2D eigenvalue weighted by Crippen LogP contribution is -2.45. The maximum Gasteiger partial charge on any atom is 0.255 e. The van der Waals surface area contributed by atoms with Crippen LogP contribution >= 0.6 is 0 Å². The molecular formula is C29H38N4O3. The molecule has 2 aromatic carbocycles. The standard InChI is InChI=1S/C29H38N4O3/c1-4-14-32-16-12-23(13-17-32)30-29(36)25-19-21(20(2)3)10-11-26(25)31-28(35)22-7-5-8-24(18-22)33-15-6-9-27(33)34/h5,7-8,10-11,18-20,23H,4,6,9,12-17H2,1-3H3,(H,30,36)(H,31,35). The van der Waals surface area contributed by atoms with Crippen molar-refractivity contribution in [1.29, 1.82) is 0 Å². The van der Waals surface area contributed by atoms with Gasteiger partial charge in [0.2, 0.25) is 5.91 Å². The lowest BCUT2D eigenvalue weighted by atomic mass is 9.98. The molecule has 0 aliphatic carbocycles. The van der Waals surface area contributed by atoms with Crippen molar-refractivity contribution in [3.05, 3.63) is 59.2 Å². The minimum atomic E-state index is -0.303. The van der Waals surface area contributed by atoms with E-state index >= 15 is 0 Å². The van der Waals surface area contributed by atoms with E-state index in [9.17, 15) is 14.4 Å². The number of piperidine rings is 1. The lowest BCUT2D eigenvalue weighted by Gasteiger charge is -2.32.